The van der Waals surface area contributed by atoms with Crippen molar-refractivity contribution < 1.29 is 9.18 Å². The van der Waals surface area contributed by atoms with E-state index >= 15 is 0 Å². The number of hydrogen-bond acceptors (Lipinski definition) is 2. The Labute approximate surface area is 101 Å². The monoisotopic (exact) mass is 233 g/mol. The number of allylic oxidation sites excluding steroid dienone is 1. The van der Waals surface area contributed by atoms with Gasteiger partial charge in [0.05, 0.1) is 0 Å². The molecule has 2 rings (SSSR count). The minimum atomic E-state index is -0.277. The maximum absolute atomic E-state index is 12.9. The highest BCUT2D eigenvalue weighted by molar-refractivity contribution is 5.95. The number of anilines is 1. The molecule has 1 aliphatic rings. The summed E-state index contributed by atoms with van der Waals surface area (Å²) in [5.74, 6) is -0.0630. The van der Waals surface area contributed by atoms with Gasteiger partial charge in [0.1, 0.15) is 5.82 Å². The molecule has 1 N–H and O–H groups in total. The number of halogens is 1. The summed E-state index contributed by atoms with van der Waals surface area (Å²) < 4.78 is 12.9. The summed E-state index contributed by atoms with van der Waals surface area (Å²) in [7, 11) is 0. The molecule has 1 aromatic rings. The van der Waals surface area contributed by atoms with Crippen molar-refractivity contribution in [2.45, 2.75) is 32.1 Å². The minimum absolute atomic E-state index is 0.214. The van der Waals surface area contributed by atoms with Crippen molar-refractivity contribution in [3.05, 3.63) is 41.9 Å². The SMILES string of the molecule is O=C1CCCCC/C1=C\Nc1cccc(F)c1. The highest BCUT2D eigenvalue weighted by atomic mass is 19.1. The van der Waals surface area contributed by atoms with Gasteiger partial charge in [0, 0.05) is 23.9 Å². The van der Waals surface area contributed by atoms with Crippen LogP contribution < -0.4 is 5.32 Å². The maximum Gasteiger partial charge on any atom is 0.160 e. The van der Waals surface area contributed by atoms with Crippen molar-refractivity contribution in [1.82, 2.24) is 0 Å². The Morgan fingerprint density at radius 1 is 1.18 bits per heavy atom. The van der Waals surface area contributed by atoms with Crippen LogP contribution in [0, 0.1) is 5.82 Å². The fourth-order valence-electron chi connectivity index (χ4n) is 1.98. The molecule has 0 saturated heterocycles. The molecule has 1 saturated carbocycles. The molecule has 0 heterocycles. The molecule has 1 aromatic carbocycles. The lowest BCUT2D eigenvalue weighted by molar-refractivity contribution is -0.115. The van der Waals surface area contributed by atoms with Gasteiger partial charge in [-0.05, 0) is 37.5 Å². The average molecular weight is 233 g/mol. The molecule has 1 fully saturated rings. The fraction of sp³-hybridized carbons (Fsp3) is 0.357. The van der Waals surface area contributed by atoms with Crippen LogP contribution in [0.5, 0.6) is 0 Å². The lowest BCUT2D eigenvalue weighted by Gasteiger charge is -2.04. The van der Waals surface area contributed by atoms with Crippen LogP contribution in [0.15, 0.2) is 36.0 Å². The van der Waals surface area contributed by atoms with Crippen LogP contribution in [-0.4, -0.2) is 5.78 Å². The van der Waals surface area contributed by atoms with E-state index in [9.17, 15) is 9.18 Å². The Morgan fingerprint density at radius 2 is 2.00 bits per heavy atom. The molecule has 0 aromatic heterocycles. The summed E-state index contributed by atoms with van der Waals surface area (Å²) in [4.78, 5) is 11.7. The topological polar surface area (TPSA) is 29.1 Å². The summed E-state index contributed by atoms with van der Waals surface area (Å²) in [6.45, 7) is 0. The Hall–Kier alpha value is -1.64. The van der Waals surface area contributed by atoms with Crippen LogP contribution in [0.2, 0.25) is 0 Å². The van der Waals surface area contributed by atoms with Crippen LogP contribution in [0.3, 0.4) is 0 Å². The predicted octanol–water partition coefficient (Wildman–Crippen LogP) is 3.65. The highest BCUT2D eigenvalue weighted by Gasteiger charge is 2.12. The lowest BCUT2D eigenvalue weighted by Crippen LogP contribution is -2.02. The zero-order chi connectivity index (χ0) is 12.1. The standard InChI is InChI=1S/C14H16FNO/c15-12-6-4-7-13(9-12)16-10-11-5-2-1-3-8-14(11)17/h4,6-7,9-10,16H,1-3,5,8H2/b11-10+. The minimum Gasteiger partial charge on any atom is -0.361 e. The van der Waals surface area contributed by atoms with Crippen LogP contribution >= 0.6 is 0 Å². The zero-order valence-electron chi connectivity index (χ0n) is 9.71. The molecule has 0 unspecified atom stereocenters. The van der Waals surface area contributed by atoms with Gasteiger partial charge in [0.15, 0.2) is 5.78 Å². The lowest BCUT2D eigenvalue weighted by atomic mass is 10.1. The predicted molar refractivity (Wildman–Crippen MR) is 66.2 cm³/mol. The first-order chi connectivity index (χ1) is 8.25. The molecule has 17 heavy (non-hydrogen) atoms. The van der Waals surface area contributed by atoms with E-state index in [4.69, 9.17) is 0 Å². The van der Waals surface area contributed by atoms with Crippen LogP contribution in [0.4, 0.5) is 10.1 Å². The van der Waals surface area contributed by atoms with Crippen molar-refractivity contribution in [3.8, 4) is 0 Å². The number of ketones is 1. The van der Waals surface area contributed by atoms with Crippen LogP contribution in [0.25, 0.3) is 0 Å². The third-order valence-corrected chi connectivity index (χ3v) is 2.95. The van der Waals surface area contributed by atoms with Gasteiger partial charge in [-0.2, -0.15) is 0 Å². The van der Waals surface area contributed by atoms with E-state index in [0.717, 1.165) is 31.3 Å². The number of rotatable bonds is 2. The van der Waals surface area contributed by atoms with Crippen LogP contribution in [0.1, 0.15) is 32.1 Å². The second-order valence-electron chi connectivity index (χ2n) is 4.31. The molecular weight excluding hydrogens is 217 g/mol. The van der Waals surface area contributed by atoms with Gasteiger partial charge in [-0.1, -0.05) is 12.5 Å². The zero-order valence-corrected chi connectivity index (χ0v) is 9.71. The van der Waals surface area contributed by atoms with E-state index in [1.54, 1.807) is 18.3 Å². The molecule has 0 bridgehead atoms. The van der Waals surface area contributed by atoms with Crippen molar-refractivity contribution in [3.63, 3.8) is 0 Å². The van der Waals surface area contributed by atoms with E-state index in [2.05, 4.69) is 5.32 Å². The third-order valence-electron chi connectivity index (χ3n) is 2.95. The Bertz CT molecular complexity index is 440. The highest BCUT2D eigenvalue weighted by Crippen LogP contribution is 2.19. The van der Waals surface area contributed by atoms with Crippen molar-refractivity contribution >= 4 is 11.5 Å². The second kappa shape index (κ2) is 5.62. The molecular formula is C14H16FNO. The molecule has 0 amide bonds. The Morgan fingerprint density at radius 3 is 2.82 bits per heavy atom. The van der Waals surface area contributed by atoms with Gasteiger partial charge in [0.25, 0.3) is 0 Å². The van der Waals surface area contributed by atoms with Gasteiger partial charge >= 0.3 is 0 Å². The average Bonchev–Trinajstić information content (AvgIpc) is 2.52. The van der Waals surface area contributed by atoms with Crippen molar-refractivity contribution in [2.24, 2.45) is 0 Å². The quantitative estimate of drug-likeness (QED) is 0.624. The van der Waals surface area contributed by atoms with E-state index in [1.165, 1.54) is 12.1 Å². The van der Waals surface area contributed by atoms with Gasteiger partial charge in [-0.25, -0.2) is 4.39 Å². The molecule has 0 atom stereocenters. The summed E-state index contributed by atoms with van der Waals surface area (Å²) in [5, 5.41) is 2.99. The molecule has 2 nitrogen and oxygen atoms in total. The molecule has 0 spiro atoms. The number of benzene rings is 1. The number of nitrogens with one attached hydrogen (secondary N) is 1. The summed E-state index contributed by atoms with van der Waals surface area (Å²) in [5.41, 5.74) is 1.50. The summed E-state index contributed by atoms with van der Waals surface area (Å²) in [6, 6.07) is 6.24. The first-order valence-electron chi connectivity index (χ1n) is 6.00. The first-order valence-corrected chi connectivity index (χ1v) is 6.00. The smallest absolute Gasteiger partial charge is 0.160 e. The van der Waals surface area contributed by atoms with E-state index in [-0.39, 0.29) is 11.6 Å². The molecule has 0 aliphatic heterocycles. The van der Waals surface area contributed by atoms with Gasteiger partial charge in [-0.3, -0.25) is 4.79 Å². The Kier molecular flexibility index (Phi) is 3.91. The normalized spacial score (nSPS) is 19.1. The van der Waals surface area contributed by atoms with Gasteiger partial charge < -0.3 is 5.32 Å². The number of Topliss-reactive ketones (excluding diaryl/α,β-unsaturated/α-hetero) is 1. The molecule has 0 radical (unpaired) electrons. The first kappa shape index (κ1) is 11.8. The van der Waals surface area contributed by atoms with E-state index < -0.39 is 0 Å². The molecule has 3 heteroatoms. The van der Waals surface area contributed by atoms with Gasteiger partial charge in [0.2, 0.25) is 0 Å². The van der Waals surface area contributed by atoms with E-state index in [0.29, 0.717) is 12.1 Å². The number of hydrogen-bond donors (Lipinski definition) is 1. The second-order valence-corrected chi connectivity index (χ2v) is 4.31. The number of carbonyl (C=O) groups excluding carboxylic acids is 1. The Balaban J connectivity index is 2.06. The molecule has 90 valence electrons. The van der Waals surface area contributed by atoms with Crippen molar-refractivity contribution in [1.29, 1.82) is 0 Å². The largest absolute Gasteiger partial charge is 0.361 e. The van der Waals surface area contributed by atoms with E-state index in [1.807, 2.05) is 0 Å². The van der Waals surface area contributed by atoms with Crippen LogP contribution in [-0.2, 0) is 4.79 Å². The number of carbonyl (C=O) groups is 1. The fourth-order valence-corrected chi connectivity index (χ4v) is 1.98. The van der Waals surface area contributed by atoms with Gasteiger partial charge in [-0.15, -0.1) is 0 Å². The van der Waals surface area contributed by atoms with Crippen molar-refractivity contribution in [2.75, 3.05) is 5.32 Å². The third kappa shape index (κ3) is 3.41. The summed E-state index contributed by atoms with van der Waals surface area (Å²) in [6.07, 6.45) is 6.34. The summed E-state index contributed by atoms with van der Waals surface area (Å²) >= 11 is 0. The molecule has 1 aliphatic carbocycles. The maximum atomic E-state index is 12.9.